The third kappa shape index (κ3) is 8.00. The van der Waals surface area contributed by atoms with Crippen LogP contribution < -0.4 is 5.73 Å². The van der Waals surface area contributed by atoms with Crippen LogP contribution in [0, 0.1) is 24.2 Å². The molecule has 2 heterocycles. The molecular weight excluding hydrogens is 496 g/mol. The molecule has 1 aliphatic heterocycles. The van der Waals surface area contributed by atoms with Gasteiger partial charge in [-0.05, 0) is 39.7 Å². The Balaban J connectivity index is 1.88. The van der Waals surface area contributed by atoms with E-state index in [0.717, 1.165) is 16.3 Å². The summed E-state index contributed by atoms with van der Waals surface area (Å²) in [5.74, 6) is -3.66. The highest BCUT2D eigenvalue weighted by Crippen LogP contribution is 2.43. The highest BCUT2D eigenvalue weighted by Gasteiger charge is 2.52. The van der Waals surface area contributed by atoms with E-state index in [4.69, 9.17) is 15.6 Å². The number of carbonyl (C=O) groups excluding carboxylic acids is 2. The average Bonchev–Trinajstić information content (AvgIpc) is 3.26. The molecule has 7 atom stereocenters. The van der Waals surface area contributed by atoms with Gasteiger partial charge >= 0.3 is 5.97 Å². The van der Waals surface area contributed by atoms with E-state index in [0.29, 0.717) is 12.8 Å². The lowest BCUT2D eigenvalue weighted by atomic mass is 9.73. The zero-order valence-electron chi connectivity index (χ0n) is 22.9. The summed E-state index contributed by atoms with van der Waals surface area (Å²) in [5.41, 5.74) is 6.41. The molecule has 208 valence electrons. The van der Waals surface area contributed by atoms with Crippen molar-refractivity contribution in [2.24, 2.45) is 23.0 Å². The normalized spacial score (nSPS) is 24.2. The molecule has 0 amide bonds. The number of ether oxygens (including phenoxy) is 1. The van der Waals surface area contributed by atoms with Crippen LogP contribution in [0.4, 0.5) is 0 Å². The van der Waals surface area contributed by atoms with Crippen molar-refractivity contribution < 1.29 is 34.4 Å². The number of aryl methyl sites for hydroxylation is 1. The lowest BCUT2D eigenvalue weighted by molar-refractivity contribution is -0.147. The van der Waals surface area contributed by atoms with Gasteiger partial charge in [0.25, 0.3) is 0 Å². The number of aromatic nitrogens is 1. The van der Waals surface area contributed by atoms with Crippen molar-refractivity contribution in [2.75, 3.05) is 0 Å². The molecule has 1 fully saturated rings. The third-order valence-electron chi connectivity index (χ3n) is 7.75. The van der Waals surface area contributed by atoms with E-state index in [1.807, 2.05) is 32.2 Å². The van der Waals surface area contributed by atoms with Crippen molar-refractivity contribution in [3.05, 3.63) is 21.7 Å². The van der Waals surface area contributed by atoms with Gasteiger partial charge in [-0.3, -0.25) is 14.4 Å². The smallest absolute Gasteiger partial charge is 0.306 e. The predicted molar refractivity (Wildman–Crippen MR) is 142 cm³/mol. The minimum Gasteiger partial charge on any atom is -0.481 e. The van der Waals surface area contributed by atoms with E-state index < -0.39 is 53.2 Å². The number of Topliss-reactive ketones (excluding diaryl/α,β-unsaturated/α-hetero) is 2. The molecule has 5 N–H and O–H groups in total. The van der Waals surface area contributed by atoms with Crippen LogP contribution in [0.3, 0.4) is 0 Å². The summed E-state index contributed by atoms with van der Waals surface area (Å²) >= 11 is 1.58. The van der Waals surface area contributed by atoms with Crippen molar-refractivity contribution in [1.82, 2.24) is 4.98 Å². The zero-order chi connectivity index (χ0) is 28.3. The molecule has 0 aliphatic carbocycles. The number of carbonyl (C=O) groups is 3. The van der Waals surface area contributed by atoms with Gasteiger partial charge in [0, 0.05) is 29.7 Å². The Hall–Kier alpha value is -1.98. The van der Waals surface area contributed by atoms with Crippen molar-refractivity contribution in [3.8, 4) is 0 Å². The third-order valence-corrected chi connectivity index (χ3v) is 8.54. The number of ketones is 2. The van der Waals surface area contributed by atoms with Gasteiger partial charge in [-0.25, -0.2) is 4.98 Å². The van der Waals surface area contributed by atoms with Gasteiger partial charge in [-0.15, -0.1) is 11.3 Å². The monoisotopic (exact) mass is 538 g/mol. The number of aliphatic carboxylic acids is 1. The highest BCUT2D eigenvalue weighted by molar-refractivity contribution is 7.09. The molecule has 0 aromatic carbocycles. The first kappa shape index (κ1) is 31.2. The Labute approximate surface area is 223 Å². The number of nitrogens with zero attached hydrogens (tertiary/aromatic N) is 1. The maximum Gasteiger partial charge on any atom is 0.306 e. The Morgan fingerprint density at radius 2 is 1.89 bits per heavy atom. The minimum atomic E-state index is -1.41. The fourth-order valence-corrected chi connectivity index (χ4v) is 5.13. The van der Waals surface area contributed by atoms with Gasteiger partial charge < -0.3 is 25.8 Å². The van der Waals surface area contributed by atoms with E-state index in [1.54, 1.807) is 18.3 Å². The van der Waals surface area contributed by atoms with Gasteiger partial charge in [0.2, 0.25) is 0 Å². The molecule has 1 saturated heterocycles. The number of nitrogens with two attached hydrogens (primary N) is 1. The average molecular weight is 539 g/mol. The Bertz CT molecular complexity index is 1020. The Morgan fingerprint density at radius 3 is 2.43 bits per heavy atom. The number of carboxylic acids is 1. The van der Waals surface area contributed by atoms with Crippen molar-refractivity contribution >= 4 is 34.9 Å². The molecule has 0 bridgehead atoms. The molecule has 10 heteroatoms. The van der Waals surface area contributed by atoms with Crippen LogP contribution in [-0.2, 0) is 19.1 Å². The zero-order valence-corrected chi connectivity index (χ0v) is 23.7. The van der Waals surface area contributed by atoms with Crippen LogP contribution >= 0.6 is 11.3 Å². The number of hydrogen-bond acceptors (Lipinski definition) is 9. The van der Waals surface area contributed by atoms with E-state index in [2.05, 4.69) is 4.98 Å². The number of aliphatic hydroxyl groups is 2. The Kier molecular flexibility index (Phi) is 10.3. The molecule has 0 unspecified atom stereocenters. The fraction of sp³-hybridized carbons (Fsp3) is 0.704. The second kappa shape index (κ2) is 12.3. The van der Waals surface area contributed by atoms with Crippen molar-refractivity contribution in [2.45, 2.75) is 104 Å². The van der Waals surface area contributed by atoms with Crippen molar-refractivity contribution in [3.63, 3.8) is 0 Å². The van der Waals surface area contributed by atoms with Gasteiger partial charge in [-0.2, -0.15) is 0 Å². The summed E-state index contributed by atoms with van der Waals surface area (Å²) in [6.45, 7) is 11.8. The summed E-state index contributed by atoms with van der Waals surface area (Å²) in [5, 5.41) is 32.9. The topological polar surface area (TPSA) is 163 Å². The van der Waals surface area contributed by atoms with E-state index in [-0.39, 0.29) is 24.3 Å². The molecule has 2 rings (SSSR count). The second-order valence-electron chi connectivity index (χ2n) is 11.2. The summed E-state index contributed by atoms with van der Waals surface area (Å²) in [6, 6.07) is -0.197. The largest absolute Gasteiger partial charge is 0.481 e. The molecule has 1 aromatic heterocycles. The predicted octanol–water partition coefficient (Wildman–Crippen LogP) is 3.14. The molecule has 9 nitrogen and oxygen atoms in total. The first-order valence-corrected chi connectivity index (χ1v) is 13.6. The van der Waals surface area contributed by atoms with Crippen LogP contribution in [0.5, 0.6) is 0 Å². The van der Waals surface area contributed by atoms with Crippen molar-refractivity contribution in [1.29, 1.82) is 0 Å². The molecule has 1 aliphatic rings. The molecule has 37 heavy (non-hydrogen) atoms. The number of epoxide rings is 1. The Morgan fingerprint density at radius 1 is 1.27 bits per heavy atom. The maximum absolute atomic E-state index is 12.9. The van der Waals surface area contributed by atoms with Crippen LogP contribution in [0.25, 0.3) is 6.08 Å². The lowest BCUT2D eigenvalue weighted by Gasteiger charge is -2.33. The van der Waals surface area contributed by atoms with E-state index in [1.165, 1.54) is 20.8 Å². The number of aliphatic hydroxyl groups excluding tert-OH is 2. The van der Waals surface area contributed by atoms with Crippen LogP contribution in [0.1, 0.15) is 77.9 Å². The second-order valence-corrected chi connectivity index (χ2v) is 12.2. The number of carboxylic acid groups (broad SMARTS) is 1. The van der Waals surface area contributed by atoms with E-state index >= 15 is 0 Å². The quantitative estimate of drug-likeness (QED) is 0.246. The van der Waals surface area contributed by atoms with Gasteiger partial charge in [-0.1, -0.05) is 33.3 Å². The minimum absolute atomic E-state index is 0.0759. The van der Waals surface area contributed by atoms with Gasteiger partial charge in [0.1, 0.15) is 11.6 Å². The number of rotatable bonds is 15. The van der Waals surface area contributed by atoms with Gasteiger partial charge in [0.05, 0.1) is 46.5 Å². The molecule has 0 radical (unpaired) electrons. The molecular formula is C27H42N2O7S. The fourth-order valence-electron chi connectivity index (χ4n) is 4.56. The highest BCUT2D eigenvalue weighted by atomic mass is 32.1. The maximum atomic E-state index is 12.9. The summed E-state index contributed by atoms with van der Waals surface area (Å²) in [7, 11) is 0. The van der Waals surface area contributed by atoms with Gasteiger partial charge in [0.15, 0.2) is 0 Å². The first-order chi connectivity index (χ1) is 17.0. The van der Waals surface area contributed by atoms with Crippen LogP contribution in [-0.4, -0.2) is 67.8 Å². The molecule has 0 spiro atoms. The summed E-state index contributed by atoms with van der Waals surface area (Å²) < 4.78 is 5.89. The lowest BCUT2D eigenvalue weighted by Crippen LogP contribution is -2.46. The summed E-state index contributed by atoms with van der Waals surface area (Å²) in [4.78, 5) is 41.2. The first-order valence-electron chi connectivity index (χ1n) is 12.7. The summed E-state index contributed by atoms with van der Waals surface area (Å²) in [6.07, 6.45) is -0.0717. The van der Waals surface area contributed by atoms with Crippen LogP contribution in [0.2, 0.25) is 0 Å². The van der Waals surface area contributed by atoms with Crippen LogP contribution in [0.15, 0.2) is 11.0 Å². The molecule has 0 saturated carbocycles. The molecule has 1 aromatic rings. The standard InChI is InChI=1S/C27H42N2O7S/c1-14(10-18-13-37-17(4)29-18)19(28)11-22-27(7,36-22)9-8-20(30)15(2)24(34)16(3)25(35)26(5,6)21(31)12-23(32)33/h10,13,15-16,19,21-22,24,31,34H,8-9,11-12,28H2,1-7H3,(H,32,33)/b14-10+/t15-,16+,19-,21-,22-,24-,27+/m0/s1. The van der Waals surface area contributed by atoms with E-state index in [9.17, 15) is 24.6 Å². The SMILES string of the molecule is C/C(=C\c1csc(C)n1)[C@@H](N)C[C@@H]1O[C@]1(C)CCC(=O)[C@H](C)[C@H](O)[C@@H](C)C(=O)C(C)(C)[C@@H](O)CC(=O)O. The number of thiazole rings is 1. The number of hydrogen-bond donors (Lipinski definition) is 4.